The van der Waals surface area contributed by atoms with Crippen LogP contribution in [0.5, 0.6) is 0 Å². The molecular weight excluding hydrogens is 416 g/mol. The van der Waals surface area contributed by atoms with E-state index in [0.29, 0.717) is 6.04 Å². The Balaban J connectivity index is 1.01. The van der Waals surface area contributed by atoms with E-state index in [1.807, 2.05) is 12.4 Å². The summed E-state index contributed by atoms with van der Waals surface area (Å²) >= 11 is 0. The molecule has 3 atom stereocenters. The third-order valence-electron chi connectivity index (χ3n) is 8.76. The van der Waals surface area contributed by atoms with Crippen LogP contribution < -0.4 is 0 Å². The highest BCUT2D eigenvalue weighted by molar-refractivity contribution is 5.73. The van der Waals surface area contributed by atoms with E-state index in [2.05, 4.69) is 58.2 Å². The van der Waals surface area contributed by atoms with Crippen LogP contribution in [0.1, 0.15) is 66.2 Å². The predicted octanol–water partition coefficient (Wildman–Crippen LogP) is 6.13. The van der Waals surface area contributed by atoms with Crippen molar-refractivity contribution in [2.75, 3.05) is 0 Å². The van der Waals surface area contributed by atoms with Crippen LogP contribution in [0.4, 0.5) is 0 Å². The normalized spacial score (nSPS) is 23.7. The molecule has 0 N–H and O–H groups in total. The van der Waals surface area contributed by atoms with Gasteiger partial charge in [0.25, 0.3) is 0 Å². The molecular formula is C30H32N4. The molecule has 4 heteroatoms. The van der Waals surface area contributed by atoms with Gasteiger partial charge in [0.2, 0.25) is 0 Å². The number of hydrogen-bond acceptors (Lipinski definition) is 3. The predicted molar refractivity (Wildman–Crippen MR) is 135 cm³/mol. The van der Waals surface area contributed by atoms with E-state index < -0.39 is 0 Å². The minimum Gasteiger partial charge on any atom is -0.244 e. The molecule has 7 rings (SSSR count). The van der Waals surface area contributed by atoms with E-state index in [-0.39, 0.29) is 0 Å². The van der Waals surface area contributed by atoms with Gasteiger partial charge in [-0.05, 0) is 85.0 Å². The zero-order valence-electron chi connectivity index (χ0n) is 19.7. The molecule has 3 aliphatic rings. The van der Waals surface area contributed by atoms with E-state index in [1.54, 1.807) is 11.1 Å². The van der Waals surface area contributed by atoms with Crippen molar-refractivity contribution >= 4 is 11.0 Å². The molecule has 4 aromatic rings. The van der Waals surface area contributed by atoms with Gasteiger partial charge >= 0.3 is 0 Å². The van der Waals surface area contributed by atoms with Crippen LogP contribution in [-0.2, 0) is 25.7 Å². The molecule has 0 unspecified atom stereocenters. The molecule has 4 nitrogen and oxygen atoms in total. The Labute approximate surface area is 201 Å². The van der Waals surface area contributed by atoms with Gasteiger partial charge in [0.05, 0.1) is 17.6 Å². The summed E-state index contributed by atoms with van der Waals surface area (Å²) in [6, 6.07) is 18.6. The summed E-state index contributed by atoms with van der Waals surface area (Å²) in [5.41, 5.74) is 6.85. The van der Waals surface area contributed by atoms with Crippen LogP contribution in [-0.4, -0.2) is 19.7 Å². The van der Waals surface area contributed by atoms with Gasteiger partial charge in [-0.25, -0.2) is 14.6 Å². The lowest BCUT2D eigenvalue weighted by molar-refractivity contribution is 0.313. The summed E-state index contributed by atoms with van der Waals surface area (Å²) in [6.07, 6.45) is 15.0. The van der Waals surface area contributed by atoms with Crippen LogP contribution >= 0.6 is 0 Å². The Hall–Kier alpha value is -3.01. The highest BCUT2D eigenvalue weighted by Crippen LogP contribution is 2.50. The fourth-order valence-electron chi connectivity index (χ4n) is 6.94. The summed E-state index contributed by atoms with van der Waals surface area (Å²) < 4.78 is 2.22. The zero-order valence-corrected chi connectivity index (χ0v) is 19.7. The van der Waals surface area contributed by atoms with E-state index in [9.17, 15) is 0 Å². The molecule has 0 radical (unpaired) electrons. The number of fused-ring (bicyclic) bond motifs is 4. The van der Waals surface area contributed by atoms with Crippen LogP contribution in [0.25, 0.3) is 11.0 Å². The van der Waals surface area contributed by atoms with Gasteiger partial charge < -0.3 is 0 Å². The summed E-state index contributed by atoms with van der Waals surface area (Å²) in [4.78, 5) is 9.64. The molecule has 2 saturated carbocycles. The monoisotopic (exact) mass is 448 g/mol. The second-order valence-corrected chi connectivity index (χ2v) is 11.0. The van der Waals surface area contributed by atoms with Crippen molar-refractivity contribution in [3.63, 3.8) is 0 Å². The number of rotatable bonds is 6. The van der Waals surface area contributed by atoms with E-state index >= 15 is 0 Å². The summed E-state index contributed by atoms with van der Waals surface area (Å²) in [7, 11) is 0. The van der Waals surface area contributed by atoms with Crippen molar-refractivity contribution < 1.29 is 0 Å². The lowest BCUT2D eigenvalue weighted by atomic mass is 9.95. The molecule has 2 fully saturated rings. The third-order valence-corrected chi connectivity index (χ3v) is 8.76. The second kappa shape index (κ2) is 8.33. The first-order chi connectivity index (χ1) is 16.8. The maximum absolute atomic E-state index is 4.98. The minimum atomic E-state index is 0.533. The number of benzene rings is 2. The van der Waals surface area contributed by atoms with Gasteiger partial charge in [-0.3, -0.25) is 0 Å². The maximum atomic E-state index is 4.98. The fraction of sp³-hybridized carbons (Fsp3) is 0.433. The molecule has 3 aliphatic carbocycles. The molecule has 2 bridgehead atoms. The topological polar surface area (TPSA) is 43.6 Å². The Kier molecular flexibility index (Phi) is 4.99. The van der Waals surface area contributed by atoms with E-state index in [1.165, 1.54) is 56.1 Å². The SMILES string of the molecule is c1ccc2c(c1)CC(CCc1ccc(Cc3ncc4cnn([C@H]5C[C@@H]6CC[C@H]5C6)c4n3)cc1)C2. The van der Waals surface area contributed by atoms with Crippen molar-refractivity contribution in [2.24, 2.45) is 17.8 Å². The third kappa shape index (κ3) is 3.73. The van der Waals surface area contributed by atoms with Crippen molar-refractivity contribution in [1.82, 2.24) is 19.7 Å². The molecule has 2 aromatic carbocycles. The number of nitrogens with zero attached hydrogens (tertiary/aromatic N) is 4. The van der Waals surface area contributed by atoms with Gasteiger partial charge in [-0.2, -0.15) is 5.10 Å². The largest absolute Gasteiger partial charge is 0.244 e. The van der Waals surface area contributed by atoms with Gasteiger partial charge in [0.1, 0.15) is 5.82 Å². The quantitative estimate of drug-likeness (QED) is 0.357. The van der Waals surface area contributed by atoms with Crippen molar-refractivity contribution in [3.8, 4) is 0 Å². The smallest absolute Gasteiger partial charge is 0.161 e. The average molecular weight is 449 g/mol. The summed E-state index contributed by atoms with van der Waals surface area (Å²) in [5.74, 6) is 3.38. The van der Waals surface area contributed by atoms with Gasteiger partial charge in [0, 0.05) is 12.6 Å². The highest BCUT2D eigenvalue weighted by Gasteiger charge is 2.41. The standard InChI is InChI=1S/C30H32N4/c1-2-4-25-14-22(13-24(25)3-1)10-7-20-5-8-21(9-6-20)17-29-31-18-27-19-32-34(30(27)33-29)28-16-23-11-12-26(28)15-23/h1-6,8-9,18-19,22-23,26,28H,7,10-17H2/t23-,26+,28+/m1/s1. The molecule has 34 heavy (non-hydrogen) atoms. The Morgan fingerprint density at radius 1 is 0.853 bits per heavy atom. The molecule has 0 aliphatic heterocycles. The molecule has 0 spiro atoms. The number of hydrogen-bond donors (Lipinski definition) is 0. The molecule has 0 amide bonds. The Morgan fingerprint density at radius 3 is 2.38 bits per heavy atom. The van der Waals surface area contributed by atoms with E-state index in [0.717, 1.165) is 47.5 Å². The number of aryl methyl sites for hydroxylation is 1. The summed E-state index contributed by atoms with van der Waals surface area (Å²) in [6.45, 7) is 0. The zero-order chi connectivity index (χ0) is 22.5. The van der Waals surface area contributed by atoms with Crippen LogP contribution in [0.2, 0.25) is 0 Å². The number of aromatic nitrogens is 4. The summed E-state index contributed by atoms with van der Waals surface area (Å²) in [5, 5.41) is 5.80. The minimum absolute atomic E-state index is 0.533. The van der Waals surface area contributed by atoms with Gasteiger partial charge in [-0.1, -0.05) is 55.0 Å². The van der Waals surface area contributed by atoms with Gasteiger partial charge in [0.15, 0.2) is 5.65 Å². The molecule has 0 saturated heterocycles. The van der Waals surface area contributed by atoms with Crippen molar-refractivity contribution in [2.45, 2.75) is 63.8 Å². The van der Waals surface area contributed by atoms with Crippen LogP contribution in [0, 0.1) is 17.8 Å². The van der Waals surface area contributed by atoms with Crippen LogP contribution in [0.3, 0.4) is 0 Å². The van der Waals surface area contributed by atoms with Gasteiger partial charge in [-0.15, -0.1) is 0 Å². The van der Waals surface area contributed by atoms with E-state index in [4.69, 9.17) is 10.1 Å². The first kappa shape index (κ1) is 20.4. The maximum Gasteiger partial charge on any atom is 0.161 e. The van der Waals surface area contributed by atoms with Crippen molar-refractivity contribution in [1.29, 1.82) is 0 Å². The fourth-order valence-corrected chi connectivity index (χ4v) is 6.94. The highest BCUT2D eigenvalue weighted by atomic mass is 15.3. The lowest BCUT2D eigenvalue weighted by Crippen LogP contribution is -2.18. The first-order valence-electron chi connectivity index (χ1n) is 13.1. The van der Waals surface area contributed by atoms with Crippen LogP contribution in [0.15, 0.2) is 60.9 Å². The second-order valence-electron chi connectivity index (χ2n) is 11.0. The average Bonchev–Trinajstić information content (AvgIpc) is 3.66. The Bertz CT molecular complexity index is 1300. The lowest BCUT2D eigenvalue weighted by Gasteiger charge is -2.22. The van der Waals surface area contributed by atoms with Crippen molar-refractivity contribution in [3.05, 3.63) is 89.0 Å². The molecule has 2 aromatic heterocycles. The first-order valence-corrected chi connectivity index (χ1v) is 13.1. The molecule has 2 heterocycles. The molecule has 172 valence electrons. The Morgan fingerprint density at radius 2 is 1.65 bits per heavy atom.